The number of benzene rings is 1. The van der Waals surface area contributed by atoms with Crippen LogP contribution in [0.5, 0.6) is 0 Å². The predicted octanol–water partition coefficient (Wildman–Crippen LogP) is -1.48. The van der Waals surface area contributed by atoms with Crippen LogP contribution >= 0.6 is 0 Å². The molecule has 0 heterocycles. The first-order valence-corrected chi connectivity index (χ1v) is 3.82. The van der Waals surface area contributed by atoms with Crippen molar-refractivity contribution in [1.82, 2.24) is 0 Å². The van der Waals surface area contributed by atoms with Crippen molar-refractivity contribution in [1.29, 1.82) is 0 Å². The molecule has 1 aromatic carbocycles. The molecule has 0 aromatic heterocycles. The zero-order valence-electron chi connectivity index (χ0n) is 7.25. The van der Waals surface area contributed by atoms with Gasteiger partial charge >= 0.3 is 5.97 Å². The van der Waals surface area contributed by atoms with Crippen molar-refractivity contribution in [3.63, 3.8) is 0 Å². The summed E-state index contributed by atoms with van der Waals surface area (Å²) in [6.45, 7) is 0. The van der Waals surface area contributed by atoms with Crippen LogP contribution in [0.2, 0.25) is 0 Å². The van der Waals surface area contributed by atoms with Crippen LogP contribution in [0.1, 0.15) is 11.7 Å². The number of aliphatic hydroxyl groups is 4. The van der Waals surface area contributed by atoms with Gasteiger partial charge in [-0.1, -0.05) is 0 Å². The molecule has 0 bridgehead atoms. The second kappa shape index (κ2) is 3.43. The number of nitrogens with two attached hydrogens (primary N) is 2. The Morgan fingerprint density at radius 2 is 1.71 bits per heavy atom. The average Bonchev–Trinajstić information content (AvgIpc) is 2.06. The van der Waals surface area contributed by atoms with Gasteiger partial charge in [-0.3, -0.25) is 0 Å². The van der Waals surface area contributed by atoms with E-state index in [0.717, 1.165) is 0 Å². The number of rotatable bonds is 2. The smallest absolute Gasteiger partial charge is 0.307 e. The number of nitrogen functional groups attached to an aromatic ring is 2. The fraction of sp³-hybridized carbons (Fsp3) is 0.250. The van der Waals surface area contributed by atoms with Crippen LogP contribution in [0.25, 0.3) is 0 Å². The van der Waals surface area contributed by atoms with Crippen LogP contribution in [0, 0.1) is 0 Å². The number of hydrogen-bond acceptors (Lipinski definition) is 6. The number of hydrogen-bond donors (Lipinski definition) is 6. The summed E-state index contributed by atoms with van der Waals surface area (Å²) in [5.74, 6) is -3.23. The van der Waals surface area contributed by atoms with E-state index < -0.39 is 12.1 Å². The van der Waals surface area contributed by atoms with Gasteiger partial charge in [0.2, 0.25) is 0 Å². The Labute approximate surface area is 80.0 Å². The van der Waals surface area contributed by atoms with Gasteiger partial charge in [0.15, 0.2) is 6.10 Å². The molecule has 0 aliphatic heterocycles. The maximum absolute atomic E-state index is 9.28. The molecule has 0 aliphatic rings. The summed E-state index contributed by atoms with van der Waals surface area (Å²) in [7, 11) is 0. The first kappa shape index (κ1) is 10.7. The first-order valence-electron chi connectivity index (χ1n) is 3.82. The van der Waals surface area contributed by atoms with Gasteiger partial charge in [0.25, 0.3) is 0 Å². The Kier molecular flexibility index (Phi) is 2.63. The maximum atomic E-state index is 9.28. The fourth-order valence-corrected chi connectivity index (χ4v) is 1.04. The maximum Gasteiger partial charge on any atom is 0.307 e. The van der Waals surface area contributed by atoms with E-state index in [0.29, 0.717) is 0 Å². The third-order valence-electron chi connectivity index (χ3n) is 1.77. The molecule has 0 saturated heterocycles. The zero-order chi connectivity index (χ0) is 10.9. The molecule has 1 rings (SSSR count). The van der Waals surface area contributed by atoms with E-state index in [1.54, 1.807) is 0 Å². The third-order valence-corrected chi connectivity index (χ3v) is 1.77. The largest absolute Gasteiger partial charge is 0.399 e. The second-order valence-corrected chi connectivity index (χ2v) is 2.98. The summed E-state index contributed by atoms with van der Waals surface area (Å²) < 4.78 is 0. The van der Waals surface area contributed by atoms with Crippen LogP contribution in [-0.4, -0.2) is 26.4 Å². The molecule has 6 nitrogen and oxygen atoms in total. The van der Waals surface area contributed by atoms with Gasteiger partial charge in [0.05, 0.1) is 0 Å². The molecule has 6 heteroatoms. The Hall–Kier alpha value is -1.34. The number of anilines is 2. The first-order chi connectivity index (χ1) is 6.32. The summed E-state index contributed by atoms with van der Waals surface area (Å²) in [4.78, 5) is 0. The van der Waals surface area contributed by atoms with E-state index in [9.17, 15) is 5.11 Å². The van der Waals surface area contributed by atoms with Gasteiger partial charge < -0.3 is 31.9 Å². The summed E-state index contributed by atoms with van der Waals surface area (Å²) >= 11 is 0. The van der Waals surface area contributed by atoms with E-state index in [1.807, 2.05) is 0 Å². The Balaban J connectivity index is 3.12. The summed E-state index contributed by atoms with van der Waals surface area (Å²) in [5.41, 5.74) is 11.2. The van der Waals surface area contributed by atoms with Crippen molar-refractivity contribution < 1.29 is 20.4 Å². The molecule has 0 spiro atoms. The Morgan fingerprint density at radius 1 is 1.14 bits per heavy atom. The van der Waals surface area contributed by atoms with Gasteiger partial charge in [-0.2, -0.15) is 0 Å². The van der Waals surface area contributed by atoms with Gasteiger partial charge in [-0.25, -0.2) is 0 Å². The van der Waals surface area contributed by atoms with Crippen molar-refractivity contribution in [2.24, 2.45) is 0 Å². The molecule has 78 valence electrons. The summed E-state index contributed by atoms with van der Waals surface area (Å²) in [5, 5.41) is 35.4. The second-order valence-electron chi connectivity index (χ2n) is 2.98. The lowest BCUT2D eigenvalue weighted by molar-refractivity contribution is -0.357. The van der Waals surface area contributed by atoms with Crippen molar-refractivity contribution in [2.45, 2.75) is 12.1 Å². The van der Waals surface area contributed by atoms with Gasteiger partial charge in [0, 0.05) is 16.9 Å². The van der Waals surface area contributed by atoms with Crippen LogP contribution in [0.4, 0.5) is 11.4 Å². The molecule has 1 atom stereocenters. The third kappa shape index (κ3) is 2.12. The molecule has 0 radical (unpaired) electrons. The van der Waals surface area contributed by atoms with Crippen molar-refractivity contribution in [2.75, 3.05) is 11.5 Å². The lowest BCUT2D eigenvalue weighted by Crippen LogP contribution is -2.35. The molecule has 0 saturated carbocycles. The molecule has 1 unspecified atom stereocenters. The molecule has 1 aromatic rings. The van der Waals surface area contributed by atoms with Crippen molar-refractivity contribution in [3.05, 3.63) is 23.8 Å². The molecular weight excluding hydrogens is 188 g/mol. The standard InChI is InChI=1S/C8H12N2O4/c9-4-1-2-6(10)5(3-4)7(11)8(12,13)14/h1-3,7,11-14H,9-10H2. The van der Waals surface area contributed by atoms with E-state index in [4.69, 9.17) is 26.8 Å². The highest BCUT2D eigenvalue weighted by Gasteiger charge is 2.33. The molecule has 8 N–H and O–H groups in total. The highest BCUT2D eigenvalue weighted by Crippen LogP contribution is 2.28. The Bertz CT molecular complexity index is 335. The van der Waals surface area contributed by atoms with Crippen LogP contribution in [0.15, 0.2) is 18.2 Å². The molecular formula is C8H12N2O4. The van der Waals surface area contributed by atoms with Gasteiger partial charge in [-0.15, -0.1) is 0 Å². The van der Waals surface area contributed by atoms with E-state index in [2.05, 4.69) is 0 Å². The quantitative estimate of drug-likeness (QED) is 0.254. The normalized spacial score (nSPS) is 14.0. The summed E-state index contributed by atoms with van der Waals surface area (Å²) in [6, 6.07) is 4.12. The highest BCUT2D eigenvalue weighted by atomic mass is 16.7. The van der Waals surface area contributed by atoms with Crippen molar-refractivity contribution in [3.8, 4) is 0 Å². The monoisotopic (exact) mass is 200 g/mol. The number of aliphatic hydroxyl groups excluding tert-OH is 1. The molecule has 0 aliphatic carbocycles. The minimum atomic E-state index is -3.23. The minimum absolute atomic E-state index is 0.0440. The summed E-state index contributed by atoms with van der Waals surface area (Å²) in [6.07, 6.45) is -1.93. The molecule has 14 heavy (non-hydrogen) atoms. The lowest BCUT2D eigenvalue weighted by atomic mass is 10.0. The highest BCUT2D eigenvalue weighted by molar-refractivity contribution is 5.56. The average molecular weight is 200 g/mol. The van der Waals surface area contributed by atoms with E-state index in [-0.39, 0.29) is 16.9 Å². The Morgan fingerprint density at radius 3 is 2.21 bits per heavy atom. The molecule has 0 fully saturated rings. The van der Waals surface area contributed by atoms with Crippen LogP contribution in [0.3, 0.4) is 0 Å². The topological polar surface area (TPSA) is 133 Å². The van der Waals surface area contributed by atoms with E-state index in [1.165, 1.54) is 18.2 Å². The molecule has 0 amide bonds. The van der Waals surface area contributed by atoms with Crippen molar-refractivity contribution >= 4 is 11.4 Å². The zero-order valence-corrected chi connectivity index (χ0v) is 7.25. The van der Waals surface area contributed by atoms with Gasteiger partial charge in [-0.05, 0) is 18.2 Å². The van der Waals surface area contributed by atoms with Crippen LogP contribution in [-0.2, 0) is 0 Å². The van der Waals surface area contributed by atoms with E-state index >= 15 is 0 Å². The van der Waals surface area contributed by atoms with Gasteiger partial charge in [0.1, 0.15) is 0 Å². The van der Waals surface area contributed by atoms with Crippen LogP contribution < -0.4 is 11.5 Å². The SMILES string of the molecule is Nc1ccc(N)c(C(O)C(O)(O)O)c1. The minimum Gasteiger partial charge on any atom is -0.399 e. The predicted molar refractivity (Wildman–Crippen MR) is 49.6 cm³/mol. The lowest BCUT2D eigenvalue weighted by Gasteiger charge is -2.22. The fourth-order valence-electron chi connectivity index (χ4n) is 1.04.